The molecule has 34 valence electrons. The fourth-order valence-electron chi connectivity index (χ4n) is 0.525. The van der Waals surface area contributed by atoms with Crippen LogP contribution in [0.2, 0.25) is 0 Å². The van der Waals surface area contributed by atoms with E-state index in [1.807, 2.05) is 12.2 Å². The van der Waals surface area contributed by atoms with Gasteiger partial charge in [0.25, 0.3) is 0 Å². The Morgan fingerprint density at radius 1 is 1.71 bits per heavy atom. The first-order chi connectivity index (χ1) is 3.39. The van der Waals surface area contributed by atoms with Gasteiger partial charge in [-0.25, -0.2) is 0 Å². The normalized spacial score (nSPS) is 19.1. The molecule has 2 radical (unpaired) electrons. The zero-order chi connectivity index (χ0) is 5.11. The zero-order valence-electron chi connectivity index (χ0n) is 4.09. The van der Waals surface area contributed by atoms with E-state index in [0.717, 1.165) is 13.0 Å². The van der Waals surface area contributed by atoms with Crippen molar-refractivity contribution in [3.63, 3.8) is 0 Å². The summed E-state index contributed by atoms with van der Waals surface area (Å²) in [6.07, 6.45) is 4.91. The van der Waals surface area contributed by atoms with Gasteiger partial charge < -0.3 is 4.99 Å². The van der Waals surface area contributed by atoms with Crippen LogP contribution in [0.15, 0.2) is 17.1 Å². The molecule has 0 bridgehead atoms. The summed E-state index contributed by atoms with van der Waals surface area (Å²) >= 11 is 0. The molecule has 0 unspecified atom stereocenters. The summed E-state index contributed by atoms with van der Waals surface area (Å²) < 4.78 is 0. The van der Waals surface area contributed by atoms with Crippen molar-refractivity contribution in [1.29, 1.82) is 0 Å². The Balaban J connectivity index is 2.58. The van der Waals surface area contributed by atoms with Crippen molar-refractivity contribution in [3.8, 4) is 0 Å². The van der Waals surface area contributed by atoms with Crippen LogP contribution < -0.4 is 0 Å². The number of dihydropyridines is 1. The summed E-state index contributed by atoms with van der Waals surface area (Å²) in [7, 11) is 5.30. The second-order valence-electron chi connectivity index (χ2n) is 1.50. The van der Waals surface area contributed by atoms with E-state index in [2.05, 4.69) is 4.99 Å². The number of nitrogens with zero attached hydrogens (tertiary/aromatic N) is 1. The topological polar surface area (TPSA) is 12.4 Å². The summed E-state index contributed by atoms with van der Waals surface area (Å²) in [5.41, 5.74) is 0.659. The lowest BCUT2D eigenvalue weighted by atomic mass is 9.99. The molecule has 0 atom stereocenters. The molecule has 1 aliphatic heterocycles. The fourth-order valence-corrected chi connectivity index (χ4v) is 0.525. The molecule has 1 nitrogen and oxygen atoms in total. The van der Waals surface area contributed by atoms with Crippen molar-refractivity contribution in [2.75, 3.05) is 6.54 Å². The minimum atomic E-state index is 0.659. The zero-order valence-corrected chi connectivity index (χ0v) is 4.09. The largest absolute Gasteiger partial charge is 0.301 e. The Hall–Kier alpha value is -0.525. The molecule has 0 spiro atoms. The van der Waals surface area contributed by atoms with Gasteiger partial charge in [0.2, 0.25) is 0 Å². The van der Waals surface area contributed by atoms with Crippen molar-refractivity contribution >= 4 is 13.5 Å². The van der Waals surface area contributed by atoms with Crippen LogP contribution in [0, 0.1) is 0 Å². The van der Waals surface area contributed by atoms with Crippen molar-refractivity contribution in [1.82, 2.24) is 0 Å². The van der Waals surface area contributed by atoms with Gasteiger partial charge in [-0.15, -0.1) is 0 Å². The van der Waals surface area contributed by atoms with Crippen LogP contribution in [0.5, 0.6) is 0 Å². The van der Waals surface area contributed by atoms with Crippen molar-refractivity contribution in [2.45, 2.75) is 6.42 Å². The molecule has 7 heavy (non-hydrogen) atoms. The Bertz CT molecular complexity index is 115. The van der Waals surface area contributed by atoms with E-state index >= 15 is 0 Å². The third-order valence-electron chi connectivity index (χ3n) is 0.879. The summed E-state index contributed by atoms with van der Waals surface area (Å²) in [6.45, 7) is 0.863. The number of allylic oxidation sites excluding steroid dienone is 1. The Morgan fingerprint density at radius 2 is 2.57 bits per heavy atom. The first-order valence-corrected chi connectivity index (χ1v) is 2.36. The quantitative estimate of drug-likeness (QED) is 0.385. The van der Waals surface area contributed by atoms with Crippen LogP contribution in [0.4, 0.5) is 0 Å². The van der Waals surface area contributed by atoms with E-state index in [4.69, 9.17) is 7.85 Å². The number of rotatable bonds is 0. The second kappa shape index (κ2) is 1.96. The molecule has 0 amide bonds. The van der Waals surface area contributed by atoms with Crippen LogP contribution in [0.3, 0.4) is 0 Å². The number of aliphatic imine (C=N–C) groups is 1. The molecule has 1 rings (SSSR count). The summed E-state index contributed by atoms with van der Waals surface area (Å²) in [6, 6.07) is 0. The van der Waals surface area contributed by atoms with E-state index in [1.54, 1.807) is 0 Å². The van der Waals surface area contributed by atoms with E-state index in [0.29, 0.717) is 5.61 Å². The van der Waals surface area contributed by atoms with Gasteiger partial charge in [-0.3, -0.25) is 0 Å². The maximum Gasteiger partial charge on any atom is 0.141 e. The van der Waals surface area contributed by atoms with Gasteiger partial charge in [0.15, 0.2) is 0 Å². The lowest BCUT2D eigenvalue weighted by Gasteiger charge is -1.97. The predicted octanol–water partition coefficient (Wildman–Crippen LogP) is 0.513. The monoisotopic (exact) mass is 91.1 g/mol. The highest BCUT2D eigenvalue weighted by Gasteiger charge is 1.87. The molecule has 2 heteroatoms. The highest BCUT2D eigenvalue weighted by atomic mass is 14.7. The molecule has 0 aromatic heterocycles. The van der Waals surface area contributed by atoms with Crippen LogP contribution in [0.25, 0.3) is 0 Å². The lowest BCUT2D eigenvalue weighted by molar-refractivity contribution is 0.999. The van der Waals surface area contributed by atoms with Crippen LogP contribution >= 0.6 is 0 Å². The standard InChI is InChI=1S/C5H6BN/c6-5-3-1-2-4-7-5/h1,3H,2,4H2. The first kappa shape index (κ1) is 4.63. The van der Waals surface area contributed by atoms with Gasteiger partial charge in [-0.1, -0.05) is 12.2 Å². The van der Waals surface area contributed by atoms with Crippen molar-refractivity contribution in [2.24, 2.45) is 4.99 Å². The summed E-state index contributed by atoms with van der Waals surface area (Å²) in [4.78, 5) is 3.94. The van der Waals surface area contributed by atoms with Crippen molar-refractivity contribution in [3.05, 3.63) is 12.2 Å². The van der Waals surface area contributed by atoms with Gasteiger partial charge in [-0.05, 0) is 12.0 Å². The van der Waals surface area contributed by atoms with Crippen LogP contribution in [-0.4, -0.2) is 20.0 Å². The van der Waals surface area contributed by atoms with Gasteiger partial charge in [0.05, 0.1) is 0 Å². The Morgan fingerprint density at radius 3 is 2.86 bits per heavy atom. The lowest BCUT2D eigenvalue weighted by Crippen LogP contribution is -1.97. The SMILES string of the molecule is [B]C1=NCCC=C1. The maximum absolute atomic E-state index is 5.30. The first-order valence-electron chi connectivity index (χ1n) is 2.36. The van der Waals surface area contributed by atoms with Crippen LogP contribution in [-0.2, 0) is 0 Å². The summed E-state index contributed by atoms with van der Waals surface area (Å²) in [5, 5.41) is 0. The van der Waals surface area contributed by atoms with E-state index in [-0.39, 0.29) is 0 Å². The van der Waals surface area contributed by atoms with E-state index in [1.165, 1.54) is 0 Å². The van der Waals surface area contributed by atoms with E-state index in [9.17, 15) is 0 Å². The third-order valence-corrected chi connectivity index (χ3v) is 0.879. The highest BCUT2D eigenvalue weighted by molar-refractivity contribution is 6.63. The average Bonchev–Trinajstić information content (AvgIpc) is 1.69. The maximum atomic E-state index is 5.30. The molecule has 1 heterocycles. The molecular weight excluding hydrogens is 84.9 g/mol. The second-order valence-corrected chi connectivity index (χ2v) is 1.50. The highest BCUT2D eigenvalue weighted by Crippen LogP contribution is 1.91. The fraction of sp³-hybridized carbons (Fsp3) is 0.400. The minimum absolute atomic E-state index is 0.659. The molecular formula is C5H6BN. The van der Waals surface area contributed by atoms with Crippen LogP contribution in [0.1, 0.15) is 6.42 Å². The van der Waals surface area contributed by atoms with Gasteiger partial charge in [0.1, 0.15) is 7.85 Å². The number of hydrogen-bond acceptors (Lipinski definition) is 1. The Labute approximate surface area is 44.6 Å². The molecule has 1 aliphatic rings. The molecule has 0 saturated carbocycles. The van der Waals surface area contributed by atoms with Gasteiger partial charge >= 0.3 is 0 Å². The molecule has 0 fully saturated rings. The smallest absolute Gasteiger partial charge is 0.141 e. The molecule has 0 aromatic rings. The molecule has 0 aromatic carbocycles. The minimum Gasteiger partial charge on any atom is -0.301 e. The van der Waals surface area contributed by atoms with E-state index < -0.39 is 0 Å². The molecule has 0 N–H and O–H groups in total. The Kier molecular flexibility index (Phi) is 1.30. The van der Waals surface area contributed by atoms with Crippen molar-refractivity contribution < 1.29 is 0 Å². The number of hydrogen-bond donors (Lipinski definition) is 0. The summed E-state index contributed by atoms with van der Waals surface area (Å²) in [5.74, 6) is 0. The average molecular weight is 90.9 g/mol. The molecule has 0 aliphatic carbocycles. The van der Waals surface area contributed by atoms with Gasteiger partial charge in [0, 0.05) is 6.54 Å². The van der Waals surface area contributed by atoms with Gasteiger partial charge in [-0.2, -0.15) is 0 Å². The third kappa shape index (κ3) is 1.18. The predicted molar refractivity (Wildman–Crippen MR) is 31.8 cm³/mol. The molecule has 0 saturated heterocycles.